The lowest BCUT2D eigenvalue weighted by molar-refractivity contribution is -0.143. The van der Waals surface area contributed by atoms with Crippen molar-refractivity contribution in [2.24, 2.45) is 5.92 Å². The van der Waals surface area contributed by atoms with Gasteiger partial charge in [-0.2, -0.15) is 0 Å². The zero-order valence-electron chi connectivity index (χ0n) is 19.4. The third-order valence-corrected chi connectivity index (χ3v) is 5.92. The van der Waals surface area contributed by atoms with Crippen LogP contribution >= 0.6 is 0 Å². The Balaban J connectivity index is 1.62. The fraction of sp³-hybridized carbons (Fsp3) is 0.609. The largest absolute Gasteiger partial charge is 0.497 e. The van der Waals surface area contributed by atoms with Crippen LogP contribution in [0, 0.1) is 5.92 Å². The molecule has 2 aliphatic rings. The summed E-state index contributed by atoms with van der Waals surface area (Å²) in [5, 5.41) is 2.87. The minimum atomic E-state index is -0.495. The normalized spacial score (nSPS) is 20.7. The van der Waals surface area contributed by atoms with Crippen LogP contribution in [0.2, 0.25) is 0 Å². The maximum atomic E-state index is 13.1. The van der Waals surface area contributed by atoms with E-state index in [1.54, 1.807) is 28.9 Å². The van der Waals surface area contributed by atoms with Gasteiger partial charge in [0.2, 0.25) is 11.8 Å². The van der Waals surface area contributed by atoms with Crippen LogP contribution in [0.1, 0.15) is 25.8 Å². The number of benzene rings is 1. The van der Waals surface area contributed by atoms with Crippen molar-refractivity contribution >= 4 is 17.8 Å². The highest BCUT2D eigenvalue weighted by atomic mass is 16.5. The number of hydrogen-bond acceptors (Lipinski definition) is 5. The van der Waals surface area contributed by atoms with Crippen LogP contribution in [0.3, 0.4) is 0 Å². The first kappa shape index (κ1) is 23.8. The van der Waals surface area contributed by atoms with Gasteiger partial charge in [-0.15, -0.1) is 0 Å². The smallest absolute Gasteiger partial charge is 0.321 e. The standard InChI is InChI=1S/C23H34N4O5/c1-16(2)11-20-22(29)25(9-10-31-3)13-18-14-26(23(30)27(18)20)15-21(28)24-12-17-5-7-19(32-4)8-6-17/h5-8,16,18,20H,9-15H2,1-4H3,(H,24,28). The van der Waals surface area contributed by atoms with Crippen LogP contribution < -0.4 is 10.1 Å². The summed E-state index contributed by atoms with van der Waals surface area (Å²) in [7, 11) is 3.21. The second-order valence-corrected chi connectivity index (χ2v) is 8.77. The Morgan fingerprint density at radius 2 is 1.81 bits per heavy atom. The number of nitrogens with zero attached hydrogens (tertiary/aromatic N) is 3. The van der Waals surface area contributed by atoms with Gasteiger partial charge in [0.1, 0.15) is 18.3 Å². The van der Waals surface area contributed by atoms with Crippen molar-refractivity contribution in [2.45, 2.75) is 38.9 Å². The Labute approximate surface area is 189 Å². The SMILES string of the molecule is COCCN1CC2CN(CC(=O)NCc3ccc(OC)cc3)C(=O)N2C(CC(C)C)C1=O. The fourth-order valence-corrected chi connectivity index (χ4v) is 4.32. The summed E-state index contributed by atoms with van der Waals surface area (Å²) < 4.78 is 10.3. The number of piperazine rings is 1. The first-order valence-electron chi connectivity index (χ1n) is 11.1. The van der Waals surface area contributed by atoms with E-state index in [9.17, 15) is 14.4 Å². The van der Waals surface area contributed by atoms with Crippen molar-refractivity contribution in [3.63, 3.8) is 0 Å². The number of methoxy groups -OCH3 is 2. The number of urea groups is 1. The average molecular weight is 447 g/mol. The van der Waals surface area contributed by atoms with E-state index >= 15 is 0 Å². The van der Waals surface area contributed by atoms with E-state index in [2.05, 4.69) is 5.32 Å². The molecule has 2 aliphatic heterocycles. The molecule has 2 atom stereocenters. The first-order valence-corrected chi connectivity index (χ1v) is 11.1. The zero-order valence-corrected chi connectivity index (χ0v) is 19.4. The lowest BCUT2D eigenvalue weighted by atomic mass is 9.97. The van der Waals surface area contributed by atoms with Crippen molar-refractivity contribution in [1.29, 1.82) is 0 Å². The van der Waals surface area contributed by atoms with Gasteiger partial charge in [-0.25, -0.2) is 4.79 Å². The molecule has 0 spiro atoms. The van der Waals surface area contributed by atoms with Gasteiger partial charge >= 0.3 is 6.03 Å². The number of amides is 4. The Bertz CT molecular complexity index is 813. The highest BCUT2D eigenvalue weighted by Gasteiger charge is 2.49. The second kappa shape index (κ2) is 10.7. The van der Waals surface area contributed by atoms with Crippen LogP contribution in [0.5, 0.6) is 5.75 Å². The molecule has 1 aromatic carbocycles. The monoisotopic (exact) mass is 446 g/mol. The van der Waals surface area contributed by atoms with Gasteiger partial charge in [-0.3, -0.25) is 9.59 Å². The molecule has 9 heteroatoms. The molecule has 2 fully saturated rings. The van der Waals surface area contributed by atoms with Gasteiger partial charge in [-0.05, 0) is 30.0 Å². The van der Waals surface area contributed by atoms with Crippen LogP contribution in [-0.2, 0) is 20.9 Å². The molecule has 4 amide bonds. The molecule has 3 rings (SSSR count). The van der Waals surface area contributed by atoms with Crippen LogP contribution in [0.4, 0.5) is 4.79 Å². The van der Waals surface area contributed by atoms with E-state index in [1.807, 2.05) is 38.1 Å². The van der Waals surface area contributed by atoms with E-state index in [0.717, 1.165) is 11.3 Å². The summed E-state index contributed by atoms with van der Waals surface area (Å²) in [6.45, 7) is 6.29. The summed E-state index contributed by atoms with van der Waals surface area (Å²) >= 11 is 0. The maximum absolute atomic E-state index is 13.1. The van der Waals surface area contributed by atoms with E-state index in [0.29, 0.717) is 39.2 Å². The van der Waals surface area contributed by atoms with Gasteiger partial charge in [-0.1, -0.05) is 26.0 Å². The molecule has 176 valence electrons. The fourth-order valence-electron chi connectivity index (χ4n) is 4.32. The Morgan fingerprint density at radius 3 is 2.44 bits per heavy atom. The summed E-state index contributed by atoms with van der Waals surface area (Å²) in [5.41, 5.74) is 0.945. The van der Waals surface area contributed by atoms with Crippen molar-refractivity contribution < 1.29 is 23.9 Å². The van der Waals surface area contributed by atoms with Crippen LogP contribution in [0.15, 0.2) is 24.3 Å². The molecule has 2 heterocycles. The molecule has 1 aromatic rings. The molecule has 0 bridgehead atoms. The number of carbonyl (C=O) groups is 3. The predicted molar refractivity (Wildman–Crippen MR) is 119 cm³/mol. The maximum Gasteiger partial charge on any atom is 0.321 e. The highest BCUT2D eigenvalue weighted by Crippen LogP contribution is 2.29. The Kier molecular flexibility index (Phi) is 7.95. The van der Waals surface area contributed by atoms with Crippen molar-refractivity contribution in [1.82, 2.24) is 20.0 Å². The summed E-state index contributed by atoms with van der Waals surface area (Å²) in [5.74, 6) is 0.759. The number of hydrogen-bond donors (Lipinski definition) is 1. The van der Waals surface area contributed by atoms with E-state index in [-0.39, 0.29) is 36.3 Å². The molecule has 0 aliphatic carbocycles. The third kappa shape index (κ3) is 5.51. The molecule has 1 N–H and O–H groups in total. The van der Waals surface area contributed by atoms with Crippen molar-refractivity contribution in [3.8, 4) is 5.75 Å². The van der Waals surface area contributed by atoms with Crippen molar-refractivity contribution in [3.05, 3.63) is 29.8 Å². The lowest BCUT2D eigenvalue weighted by Crippen LogP contribution is -2.61. The molecule has 0 aromatic heterocycles. The number of carbonyl (C=O) groups excluding carboxylic acids is 3. The van der Waals surface area contributed by atoms with Gasteiger partial charge in [0.15, 0.2) is 0 Å². The molecule has 2 unspecified atom stereocenters. The predicted octanol–water partition coefficient (Wildman–Crippen LogP) is 1.32. The van der Waals surface area contributed by atoms with Gasteiger partial charge < -0.3 is 29.5 Å². The summed E-state index contributed by atoms with van der Waals surface area (Å²) in [6.07, 6.45) is 0.599. The van der Waals surface area contributed by atoms with Crippen LogP contribution in [0.25, 0.3) is 0 Å². The van der Waals surface area contributed by atoms with Crippen LogP contribution in [-0.4, -0.2) is 91.6 Å². The molecular weight excluding hydrogens is 412 g/mol. The quantitative estimate of drug-likeness (QED) is 0.585. The summed E-state index contributed by atoms with van der Waals surface area (Å²) in [4.78, 5) is 43.8. The Morgan fingerprint density at radius 1 is 1.12 bits per heavy atom. The average Bonchev–Trinajstić information content (AvgIpc) is 3.08. The molecule has 2 saturated heterocycles. The molecule has 0 saturated carbocycles. The molecule has 9 nitrogen and oxygen atoms in total. The number of ether oxygens (including phenoxy) is 2. The van der Waals surface area contributed by atoms with E-state index in [1.165, 1.54) is 0 Å². The number of nitrogens with one attached hydrogen (secondary N) is 1. The zero-order chi connectivity index (χ0) is 23.3. The molecule has 0 radical (unpaired) electrons. The Hall–Kier alpha value is -2.81. The lowest BCUT2D eigenvalue weighted by Gasteiger charge is -2.42. The van der Waals surface area contributed by atoms with Gasteiger partial charge in [0, 0.05) is 33.3 Å². The first-order chi connectivity index (χ1) is 15.3. The van der Waals surface area contributed by atoms with Gasteiger partial charge in [0.05, 0.1) is 19.8 Å². The minimum Gasteiger partial charge on any atom is -0.497 e. The molecule has 32 heavy (non-hydrogen) atoms. The van der Waals surface area contributed by atoms with Crippen molar-refractivity contribution in [2.75, 3.05) is 47.0 Å². The topological polar surface area (TPSA) is 91.4 Å². The van der Waals surface area contributed by atoms with Gasteiger partial charge in [0.25, 0.3) is 0 Å². The number of fused-ring (bicyclic) bond motifs is 1. The van der Waals surface area contributed by atoms with E-state index < -0.39 is 6.04 Å². The number of rotatable bonds is 10. The summed E-state index contributed by atoms with van der Waals surface area (Å²) in [6, 6.07) is 6.60. The second-order valence-electron chi connectivity index (χ2n) is 8.77. The van der Waals surface area contributed by atoms with E-state index in [4.69, 9.17) is 9.47 Å². The molecular formula is C23H34N4O5. The minimum absolute atomic E-state index is 0.0252. The third-order valence-electron chi connectivity index (χ3n) is 5.92. The highest BCUT2D eigenvalue weighted by molar-refractivity contribution is 5.91.